The normalized spacial score (nSPS) is 10.5. The third kappa shape index (κ3) is 2.68. The molecule has 0 fully saturated rings. The Morgan fingerprint density at radius 1 is 1.41 bits per heavy atom. The smallest absolute Gasteiger partial charge is 0.154 e. The molecule has 0 amide bonds. The maximum Gasteiger partial charge on any atom is 0.154 e. The number of hydrogen-bond donors (Lipinski definition) is 2. The van der Waals surface area contributed by atoms with Gasteiger partial charge in [-0.25, -0.2) is 4.98 Å². The summed E-state index contributed by atoms with van der Waals surface area (Å²) in [5.74, 6) is 0.101. The molecule has 0 unspecified atom stereocenters. The van der Waals surface area contributed by atoms with Crippen LogP contribution in [-0.4, -0.2) is 10.8 Å². The predicted molar refractivity (Wildman–Crippen MR) is 73.2 cm³/mol. The summed E-state index contributed by atoms with van der Waals surface area (Å²) in [6.07, 6.45) is 0. The van der Waals surface area contributed by atoms with Crippen molar-refractivity contribution in [1.82, 2.24) is 4.98 Å². The van der Waals surface area contributed by atoms with Crippen LogP contribution in [0.25, 0.3) is 0 Å². The number of rotatable bonds is 3. The van der Waals surface area contributed by atoms with Crippen molar-refractivity contribution in [3.63, 3.8) is 0 Å². The van der Waals surface area contributed by atoms with Gasteiger partial charge in [0.05, 0.1) is 0 Å². The van der Waals surface area contributed by atoms with Gasteiger partial charge in [0.25, 0.3) is 0 Å². The highest BCUT2D eigenvalue weighted by atomic mass is 32.2. The lowest BCUT2D eigenvalue weighted by Crippen LogP contribution is -2.12. The van der Waals surface area contributed by atoms with Gasteiger partial charge in [0.2, 0.25) is 0 Å². The zero-order valence-electron chi connectivity index (χ0n) is 9.65. The Kier molecular flexibility index (Phi) is 3.49. The number of amidine groups is 1. The summed E-state index contributed by atoms with van der Waals surface area (Å²) in [6.45, 7) is 4.00. The van der Waals surface area contributed by atoms with Gasteiger partial charge in [-0.3, -0.25) is 5.41 Å². The van der Waals surface area contributed by atoms with Gasteiger partial charge in [0.1, 0.15) is 5.84 Å². The van der Waals surface area contributed by atoms with Crippen LogP contribution in [0, 0.1) is 19.3 Å². The molecule has 17 heavy (non-hydrogen) atoms. The van der Waals surface area contributed by atoms with Crippen LogP contribution in [0.3, 0.4) is 0 Å². The molecule has 88 valence electrons. The van der Waals surface area contributed by atoms with Crippen molar-refractivity contribution in [3.05, 3.63) is 40.4 Å². The second kappa shape index (κ2) is 4.89. The van der Waals surface area contributed by atoms with E-state index in [2.05, 4.69) is 4.98 Å². The fourth-order valence-electron chi connectivity index (χ4n) is 1.47. The van der Waals surface area contributed by atoms with Crippen molar-refractivity contribution in [2.24, 2.45) is 5.73 Å². The molecule has 3 N–H and O–H groups in total. The van der Waals surface area contributed by atoms with Gasteiger partial charge in [-0.1, -0.05) is 30.0 Å². The summed E-state index contributed by atoms with van der Waals surface area (Å²) in [5.41, 5.74) is 8.52. The number of thiazole rings is 1. The highest BCUT2D eigenvalue weighted by Crippen LogP contribution is 2.34. The van der Waals surface area contributed by atoms with E-state index in [1.807, 2.05) is 37.4 Å². The van der Waals surface area contributed by atoms with E-state index in [1.165, 1.54) is 0 Å². The molecule has 1 heterocycles. The number of nitrogens with two attached hydrogens (primary N) is 1. The first-order valence-electron chi connectivity index (χ1n) is 5.12. The van der Waals surface area contributed by atoms with E-state index in [0.717, 1.165) is 26.1 Å². The van der Waals surface area contributed by atoms with Gasteiger partial charge in [0.15, 0.2) is 4.34 Å². The van der Waals surface area contributed by atoms with Crippen molar-refractivity contribution >= 4 is 28.9 Å². The third-order valence-corrected chi connectivity index (χ3v) is 4.59. The molecule has 0 radical (unpaired) electrons. The molecule has 0 spiro atoms. The van der Waals surface area contributed by atoms with Crippen LogP contribution in [0.4, 0.5) is 0 Å². The van der Waals surface area contributed by atoms with E-state index < -0.39 is 0 Å². The van der Waals surface area contributed by atoms with Crippen LogP contribution in [0.15, 0.2) is 32.8 Å². The van der Waals surface area contributed by atoms with Crippen molar-refractivity contribution in [3.8, 4) is 0 Å². The Labute approximate surface area is 109 Å². The molecule has 3 nitrogen and oxygen atoms in total. The lowest BCUT2D eigenvalue weighted by molar-refractivity contribution is 1.15. The molecule has 0 aliphatic heterocycles. The first-order valence-corrected chi connectivity index (χ1v) is 6.81. The Balaban J connectivity index is 2.40. The highest BCUT2D eigenvalue weighted by Gasteiger charge is 2.11. The highest BCUT2D eigenvalue weighted by molar-refractivity contribution is 8.01. The number of aromatic nitrogens is 1. The van der Waals surface area contributed by atoms with E-state index >= 15 is 0 Å². The van der Waals surface area contributed by atoms with Crippen molar-refractivity contribution in [1.29, 1.82) is 5.41 Å². The van der Waals surface area contributed by atoms with Crippen LogP contribution in [0.1, 0.15) is 16.8 Å². The number of hydrogen-bond acceptors (Lipinski definition) is 4. The lowest BCUT2D eigenvalue weighted by Gasteiger charge is -2.09. The summed E-state index contributed by atoms with van der Waals surface area (Å²) in [6, 6.07) is 5.82. The van der Waals surface area contributed by atoms with Gasteiger partial charge >= 0.3 is 0 Å². The van der Waals surface area contributed by atoms with Crippen LogP contribution in [-0.2, 0) is 0 Å². The van der Waals surface area contributed by atoms with E-state index in [4.69, 9.17) is 11.1 Å². The maximum absolute atomic E-state index is 7.59. The third-order valence-electron chi connectivity index (χ3n) is 2.29. The minimum Gasteiger partial charge on any atom is -0.384 e. The molecule has 2 aromatic rings. The molecule has 0 bridgehead atoms. The summed E-state index contributed by atoms with van der Waals surface area (Å²) in [7, 11) is 0. The Hall–Kier alpha value is -1.33. The van der Waals surface area contributed by atoms with E-state index in [0.29, 0.717) is 0 Å². The number of nitrogen functional groups attached to an aromatic ring is 1. The first kappa shape index (κ1) is 12.1. The summed E-state index contributed by atoms with van der Waals surface area (Å²) in [5, 5.41) is 9.61. The summed E-state index contributed by atoms with van der Waals surface area (Å²) < 4.78 is 0.985. The van der Waals surface area contributed by atoms with Crippen molar-refractivity contribution in [2.75, 3.05) is 0 Å². The zero-order chi connectivity index (χ0) is 12.4. The number of aryl methyl sites for hydroxylation is 2. The number of benzene rings is 1. The summed E-state index contributed by atoms with van der Waals surface area (Å²) in [4.78, 5) is 5.44. The largest absolute Gasteiger partial charge is 0.384 e. The fraction of sp³-hybridized carbons (Fsp3) is 0.167. The summed E-state index contributed by atoms with van der Waals surface area (Å²) >= 11 is 3.19. The maximum atomic E-state index is 7.59. The molecule has 0 atom stereocenters. The average Bonchev–Trinajstić information content (AvgIpc) is 2.67. The van der Waals surface area contributed by atoms with Gasteiger partial charge in [-0.2, -0.15) is 0 Å². The molecule has 0 aliphatic carbocycles. The van der Waals surface area contributed by atoms with Crippen molar-refractivity contribution in [2.45, 2.75) is 23.1 Å². The monoisotopic (exact) mass is 263 g/mol. The minimum atomic E-state index is 0.101. The zero-order valence-corrected chi connectivity index (χ0v) is 11.3. The number of nitrogens with zero attached hydrogens (tertiary/aromatic N) is 1. The first-order chi connectivity index (χ1) is 8.08. The van der Waals surface area contributed by atoms with Crippen LogP contribution < -0.4 is 5.73 Å². The van der Waals surface area contributed by atoms with E-state index in [9.17, 15) is 0 Å². The number of nitrogens with one attached hydrogen (secondary N) is 1. The van der Waals surface area contributed by atoms with Crippen LogP contribution in [0.5, 0.6) is 0 Å². The molecule has 1 aromatic carbocycles. The SMILES string of the molecule is Cc1csc(Sc2c(C)cccc2C(=N)N)n1. The second-order valence-electron chi connectivity index (χ2n) is 3.72. The molecule has 0 saturated carbocycles. The Morgan fingerprint density at radius 3 is 2.76 bits per heavy atom. The van der Waals surface area contributed by atoms with Gasteiger partial charge in [0, 0.05) is 21.5 Å². The fourth-order valence-corrected chi connectivity index (χ4v) is 3.46. The van der Waals surface area contributed by atoms with Gasteiger partial charge in [-0.05, 0) is 19.4 Å². The van der Waals surface area contributed by atoms with Gasteiger partial charge in [-0.15, -0.1) is 11.3 Å². The molecular formula is C12H13N3S2. The van der Waals surface area contributed by atoms with E-state index in [-0.39, 0.29) is 5.84 Å². The standard InChI is InChI=1S/C12H13N3S2/c1-7-4-3-5-9(11(13)14)10(7)17-12-15-8(2)6-16-12/h3-6H,1-2H3,(H3,13,14). The Morgan fingerprint density at radius 2 is 2.18 bits per heavy atom. The second-order valence-corrected chi connectivity index (χ2v) is 5.84. The van der Waals surface area contributed by atoms with Crippen LogP contribution in [0.2, 0.25) is 0 Å². The van der Waals surface area contributed by atoms with E-state index in [1.54, 1.807) is 23.1 Å². The minimum absolute atomic E-state index is 0.101. The lowest BCUT2D eigenvalue weighted by atomic mass is 10.1. The van der Waals surface area contributed by atoms with Crippen LogP contribution >= 0.6 is 23.1 Å². The molecule has 5 heteroatoms. The van der Waals surface area contributed by atoms with Gasteiger partial charge < -0.3 is 5.73 Å². The van der Waals surface area contributed by atoms with Crippen molar-refractivity contribution < 1.29 is 0 Å². The predicted octanol–water partition coefficient (Wildman–Crippen LogP) is 3.20. The Bertz CT molecular complexity index is 561. The quantitative estimate of drug-likeness (QED) is 0.660. The molecular weight excluding hydrogens is 250 g/mol. The topological polar surface area (TPSA) is 62.8 Å². The molecule has 2 rings (SSSR count). The molecule has 1 aromatic heterocycles. The molecule has 0 saturated heterocycles. The molecule has 0 aliphatic rings. The average molecular weight is 263 g/mol.